The van der Waals surface area contributed by atoms with Gasteiger partial charge in [0.2, 0.25) is 10.0 Å². The number of hydrazone groups is 1. The van der Waals surface area contributed by atoms with Crippen molar-refractivity contribution in [3.8, 4) is 5.75 Å². The zero-order valence-corrected chi connectivity index (χ0v) is 18.3. The molecule has 0 atom stereocenters. The molecule has 2 rings (SSSR count). The molecule has 0 saturated carbocycles. The minimum absolute atomic E-state index is 0.0785. The monoisotopic (exact) mass is 437 g/mol. The van der Waals surface area contributed by atoms with E-state index in [9.17, 15) is 13.2 Å². The van der Waals surface area contributed by atoms with Crippen molar-refractivity contribution in [2.45, 2.75) is 26.9 Å². The SMILES string of the molecule is Cc1ccc(Cl)cc1N(CC(=O)N/N=C/c1ccc(OC(C)C)cc1)S(C)(=O)=O. The number of rotatable bonds is 8. The topological polar surface area (TPSA) is 88.1 Å². The minimum atomic E-state index is -3.70. The van der Waals surface area contributed by atoms with Crippen LogP contribution in [0.25, 0.3) is 0 Å². The van der Waals surface area contributed by atoms with Crippen molar-refractivity contribution < 1.29 is 17.9 Å². The van der Waals surface area contributed by atoms with Crippen LogP contribution in [0.4, 0.5) is 5.69 Å². The average molecular weight is 438 g/mol. The van der Waals surface area contributed by atoms with Crippen molar-refractivity contribution in [1.29, 1.82) is 0 Å². The molecule has 0 aromatic heterocycles. The molecule has 0 aliphatic heterocycles. The van der Waals surface area contributed by atoms with Gasteiger partial charge in [0.15, 0.2) is 0 Å². The Balaban J connectivity index is 2.05. The fourth-order valence-electron chi connectivity index (χ4n) is 2.48. The lowest BCUT2D eigenvalue weighted by atomic mass is 10.2. The fourth-order valence-corrected chi connectivity index (χ4v) is 3.55. The molecule has 29 heavy (non-hydrogen) atoms. The molecule has 0 spiro atoms. The predicted molar refractivity (Wildman–Crippen MR) is 116 cm³/mol. The molecular formula is C20H24ClN3O4S. The molecule has 1 amide bonds. The number of carbonyl (C=O) groups excluding carboxylic acids is 1. The van der Waals surface area contributed by atoms with E-state index in [0.29, 0.717) is 16.3 Å². The standard InChI is InChI=1S/C20H24ClN3O4S/c1-14(2)28-18-9-6-16(7-10-18)12-22-23-20(25)13-24(29(4,26)27)19-11-17(21)8-5-15(19)3/h5-12,14H,13H2,1-4H3,(H,23,25)/b22-12+. The van der Waals surface area contributed by atoms with E-state index in [1.54, 1.807) is 43.3 Å². The van der Waals surface area contributed by atoms with Crippen LogP contribution in [0.1, 0.15) is 25.0 Å². The van der Waals surface area contributed by atoms with Gasteiger partial charge in [-0.2, -0.15) is 5.10 Å². The highest BCUT2D eigenvalue weighted by atomic mass is 35.5. The molecule has 0 aliphatic carbocycles. The smallest absolute Gasteiger partial charge is 0.260 e. The van der Waals surface area contributed by atoms with Gasteiger partial charge in [-0.3, -0.25) is 9.10 Å². The number of nitrogens with zero attached hydrogens (tertiary/aromatic N) is 2. The summed E-state index contributed by atoms with van der Waals surface area (Å²) in [6, 6.07) is 12.1. The van der Waals surface area contributed by atoms with Crippen molar-refractivity contribution in [2.24, 2.45) is 5.10 Å². The van der Waals surface area contributed by atoms with Crippen molar-refractivity contribution in [1.82, 2.24) is 5.43 Å². The van der Waals surface area contributed by atoms with Gasteiger partial charge >= 0.3 is 0 Å². The summed E-state index contributed by atoms with van der Waals surface area (Å²) in [5.74, 6) is 0.160. The second-order valence-electron chi connectivity index (χ2n) is 6.73. The van der Waals surface area contributed by atoms with E-state index in [4.69, 9.17) is 16.3 Å². The molecule has 0 aliphatic rings. The summed E-state index contributed by atoms with van der Waals surface area (Å²) in [6.45, 7) is 5.20. The first kappa shape index (κ1) is 22.7. The first-order chi connectivity index (χ1) is 13.6. The number of nitrogens with one attached hydrogen (secondary N) is 1. The van der Waals surface area contributed by atoms with E-state index in [1.165, 1.54) is 12.3 Å². The second kappa shape index (κ2) is 9.76. The van der Waals surface area contributed by atoms with E-state index < -0.39 is 22.5 Å². The van der Waals surface area contributed by atoms with Crippen molar-refractivity contribution >= 4 is 39.4 Å². The Morgan fingerprint density at radius 2 is 1.90 bits per heavy atom. The molecule has 0 bridgehead atoms. The Kier molecular flexibility index (Phi) is 7.64. The number of aryl methyl sites for hydroxylation is 1. The number of amides is 1. The molecule has 2 aromatic carbocycles. The van der Waals surface area contributed by atoms with E-state index in [2.05, 4.69) is 10.5 Å². The Labute approximate surface area is 176 Å². The number of carbonyl (C=O) groups is 1. The molecule has 0 saturated heterocycles. The van der Waals surface area contributed by atoms with Gasteiger partial charge in [0.25, 0.3) is 5.91 Å². The summed E-state index contributed by atoms with van der Waals surface area (Å²) in [5.41, 5.74) is 4.13. The largest absolute Gasteiger partial charge is 0.491 e. The van der Waals surface area contributed by atoms with E-state index in [0.717, 1.165) is 21.9 Å². The molecule has 1 N–H and O–H groups in total. The Morgan fingerprint density at radius 1 is 1.24 bits per heavy atom. The lowest BCUT2D eigenvalue weighted by Gasteiger charge is -2.23. The molecule has 2 aromatic rings. The van der Waals surface area contributed by atoms with Gasteiger partial charge in [0.1, 0.15) is 12.3 Å². The highest BCUT2D eigenvalue weighted by molar-refractivity contribution is 7.92. The van der Waals surface area contributed by atoms with Crippen LogP contribution in [0.15, 0.2) is 47.6 Å². The number of hydrogen-bond acceptors (Lipinski definition) is 5. The lowest BCUT2D eigenvalue weighted by Crippen LogP contribution is -2.39. The third kappa shape index (κ3) is 7.07. The number of benzene rings is 2. The third-order valence-electron chi connectivity index (χ3n) is 3.78. The summed E-state index contributed by atoms with van der Waals surface area (Å²) >= 11 is 5.98. The maximum atomic E-state index is 12.3. The fraction of sp³-hybridized carbons (Fsp3) is 0.300. The van der Waals surface area contributed by atoms with Gasteiger partial charge in [-0.1, -0.05) is 17.7 Å². The molecular weight excluding hydrogens is 414 g/mol. The number of hydrogen-bond donors (Lipinski definition) is 1. The Morgan fingerprint density at radius 3 is 2.48 bits per heavy atom. The quantitative estimate of drug-likeness (QED) is 0.506. The van der Waals surface area contributed by atoms with Crippen LogP contribution in [-0.2, 0) is 14.8 Å². The van der Waals surface area contributed by atoms with Crippen molar-refractivity contribution in [3.63, 3.8) is 0 Å². The Bertz CT molecular complexity index is 989. The van der Waals surface area contributed by atoms with E-state index in [-0.39, 0.29) is 6.10 Å². The molecule has 0 heterocycles. The maximum Gasteiger partial charge on any atom is 0.260 e. The summed E-state index contributed by atoms with van der Waals surface area (Å²) in [7, 11) is -3.70. The van der Waals surface area contributed by atoms with E-state index >= 15 is 0 Å². The van der Waals surface area contributed by atoms with Crippen molar-refractivity contribution in [3.05, 3.63) is 58.6 Å². The molecule has 156 valence electrons. The summed E-state index contributed by atoms with van der Waals surface area (Å²) in [4.78, 5) is 12.3. The maximum absolute atomic E-state index is 12.3. The highest BCUT2D eigenvalue weighted by Gasteiger charge is 2.22. The number of sulfonamides is 1. The molecule has 0 radical (unpaired) electrons. The van der Waals surface area contributed by atoms with Crippen LogP contribution in [-0.4, -0.2) is 39.4 Å². The van der Waals surface area contributed by atoms with Gasteiger partial charge < -0.3 is 4.74 Å². The van der Waals surface area contributed by atoms with Gasteiger partial charge in [0, 0.05) is 5.02 Å². The van der Waals surface area contributed by atoms with Gasteiger partial charge in [0.05, 0.1) is 24.3 Å². The first-order valence-electron chi connectivity index (χ1n) is 8.89. The van der Waals surface area contributed by atoms with Gasteiger partial charge in [-0.15, -0.1) is 0 Å². The van der Waals surface area contributed by atoms with Crippen LogP contribution in [0.3, 0.4) is 0 Å². The highest BCUT2D eigenvalue weighted by Crippen LogP contribution is 2.26. The van der Waals surface area contributed by atoms with Crippen LogP contribution in [0, 0.1) is 6.92 Å². The van der Waals surface area contributed by atoms with Gasteiger partial charge in [-0.25, -0.2) is 13.8 Å². The third-order valence-corrected chi connectivity index (χ3v) is 5.14. The zero-order chi connectivity index (χ0) is 21.6. The normalized spacial score (nSPS) is 11.7. The molecule has 9 heteroatoms. The number of halogens is 1. The summed E-state index contributed by atoms with van der Waals surface area (Å²) in [6.07, 6.45) is 2.58. The minimum Gasteiger partial charge on any atom is -0.491 e. The lowest BCUT2D eigenvalue weighted by molar-refractivity contribution is -0.119. The van der Waals surface area contributed by atoms with Crippen LogP contribution >= 0.6 is 11.6 Å². The van der Waals surface area contributed by atoms with Crippen LogP contribution in [0.5, 0.6) is 5.75 Å². The second-order valence-corrected chi connectivity index (χ2v) is 9.07. The van der Waals surface area contributed by atoms with Crippen LogP contribution in [0.2, 0.25) is 5.02 Å². The molecule has 0 fully saturated rings. The first-order valence-corrected chi connectivity index (χ1v) is 11.1. The number of anilines is 1. The molecule has 0 unspecified atom stereocenters. The number of ether oxygens (including phenoxy) is 1. The Hall–Kier alpha value is -2.58. The van der Waals surface area contributed by atoms with E-state index in [1.807, 2.05) is 13.8 Å². The zero-order valence-electron chi connectivity index (χ0n) is 16.7. The van der Waals surface area contributed by atoms with Crippen molar-refractivity contribution in [2.75, 3.05) is 17.1 Å². The summed E-state index contributed by atoms with van der Waals surface area (Å²) < 4.78 is 30.9. The average Bonchev–Trinajstić information content (AvgIpc) is 2.62. The van der Waals surface area contributed by atoms with Gasteiger partial charge in [-0.05, 0) is 68.3 Å². The predicted octanol–water partition coefficient (Wildman–Crippen LogP) is 3.35. The van der Waals surface area contributed by atoms with Crippen LogP contribution < -0.4 is 14.5 Å². The summed E-state index contributed by atoms with van der Waals surface area (Å²) in [5, 5.41) is 4.27. The molecule has 7 nitrogen and oxygen atoms in total.